The molecule has 11 N–H and O–H groups in total. The van der Waals surface area contributed by atoms with Crippen molar-refractivity contribution in [3.63, 3.8) is 0 Å². The molecule has 822 valence electrons. The largest absolute Gasteiger partial charge is 0.508 e. The zero-order valence-electron chi connectivity index (χ0n) is 83.1. The van der Waals surface area contributed by atoms with E-state index in [0.29, 0.717) is 92.4 Å². The number of benzene rings is 8. The first kappa shape index (κ1) is 137. The highest BCUT2D eigenvalue weighted by Gasteiger charge is 2.32. The molecule has 4 aliphatic heterocycles. The molecule has 12 rings (SSSR count). The zero-order chi connectivity index (χ0) is 111. The summed E-state index contributed by atoms with van der Waals surface area (Å²) in [6, 6.07) is 21.8. The molecule has 0 radical (unpaired) electrons. The summed E-state index contributed by atoms with van der Waals surface area (Å²) in [7, 11) is 3.98. The van der Waals surface area contributed by atoms with Crippen LogP contribution in [0.5, 0.6) is 46.0 Å². The summed E-state index contributed by atoms with van der Waals surface area (Å²) in [4.78, 5) is 67.9. The van der Waals surface area contributed by atoms with Gasteiger partial charge in [0.15, 0.2) is 30.9 Å². The van der Waals surface area contributed by atoms with Crippen molar-refractivity contribution in [2.45, 2.75) is 196 Å². The van der Waals surface area contributed by atoms with Gasteiger partial charge in [-0.2, -0.15) is 17.6 Å². The van der Waals surface area contributed by atoms with Crippen molar-refractivity contribution in [3.8, 4) is 46.0 Å². The Balaban J connectivity index is 0.000000848. The molecule has 0 aromatic heterocycles. The highest BCUT2D eigenvalue weighted by atomic mass is 80.9. The van der Waals surface area contributed by atoms with Crippen LogP contribution in [0.15, 0.2) is 103 Å². The molecular weight excluding hydrogens is 2450 g/mol. The Morgan fingerprint density at radius 1 is 0.367 bits per heavy atom. The lowest BCUT2D eigenvalue weighted by atomic mass is 10.1. The van der Waals surface area contributed by atoms with Gasteiger partial charge in [-0.25, -0.2) is 55.1 Å². The molecule has 4 fully saturated rings. The van der Waals surface area contributed by atoms with Crippen LogP contribution in [0.1, 0.15) is 214 Å². The average molecular weight is 2570 g/mol. The number of alkyl halides is 1. The van der Waals surface area contributed by atoms with Gasteiger partial charge < -0.3 is 107 Å². The molecule has 48 heteroatoms. The average Bonchev–Trinajstić information content (AvgIpc) is 0.791. The lowest BCUT2D eigenvalue weighted by molar-refractivity contribution is -0.165. The van der Waals surface area contributed by atoms with Crippen LogP contribution in [0.4, 0.5) is 43.9 Å². The second kappa shape index (κ2) is 71.5. The minimum atomic E-state index is -2.35. The van der Waals surface area contributed by atoms with Crippen LogP contribution >= 0.6 is 120 Å². The number of carboxylic acid groups (broad SMARTS) is 2. The van der Waals surface area contributed by atoms with Gasteiger partial charge in [0.1, 0.15) is 54.3 Å². The fourth-order valence-electron chi connectivity index (χ4n) is 12.0. The summed E-state index contributed by atoms with van der Waals surface area (Å²) in [6.07, 6.45) is 12.1. The fourth-order valence-corrected chi connectivity index (χ4v) is 14.3. The lowest BCUT2D eigenvalue weighted by Crippen LogP contribution is -2.41. The van der Waals surface area contributed by atoms with E-state index in [-0.39, 0.29) is 113 Å². The number of aromatic hydroxyl groups is 4. The van der Waals surface area contributed by atoms with Gasteiger partial charge in [-0.3, -0.25) is 11.3 Å². The first-order chi connectivity index (χ1) is 68.8. The van der Waals surface area contributed by atoms with Crippen molar-refractivity contribution in [1.29, 1.82) is 0 Å². The number of aromatic carboxylic acids is 2. The van der Waals surface area contributed by atoms with E-state index in [2.05, 4.69) is 128 Å². The van der Waals surface area contributed by atoms with E-state index in [9.17, 15) is 82.9 Å². The quantitative estimate of drug-likeness (QED) is 0.00245. The topological polar surface area (TPSA) is 426 Å². The third-order valence-corrected chi connectivity index (χ3v) is 22.6. The molecule has 4 atom stereocenters. The van der Waals surface area contributed by atoms with E-state index in [4.69, 9.17) is 88.8 Å². The molecule has 0 amide bonds. The maximum Gasteiger partial charge on any atom is 0.344 e. The molecule has 0 aliphatic carbocycles. The summed E-state index contributed by atoms with van der Waals surface area (Å²) in [5.41, 5.74) is 12.5. The highest BCUT2D eigenvalue weighted by Crippen LogP contribution is 2.38. The molecule has 147 heavy (non-hydrogen) atoms. The van der Waals surface area contributed by atoms with Crippen LogP contribution < -0.4 is 35.9 Å². The summed E-state index contributed by atoms with van der Waals surface area (Å²) in [6.45, 7) is 27.5. The number of methoxy groups -OCH3 is 3. The van der Waals surface area contributed by atoms with Crippen molar-refractivity contribution >= 4 is 156 Å². The standard InChI is InChI=1S/C21H18BrF5O5.C16H21BrO5.C15H19BrO5.C9H9BrO3.C9H10O3.C8H8O3.C7H13BrO2.C6HF5O.C4H12N2.C4H11N.Br2.ClH/c1-10-11(21(28)32-20-17(26)15(24)14(23)16(25)18(20)27)5-6-12(22)19(10)31-9-8-30-13-4-2-3-7-29-13;1-11-12(16(18)19-2)6-7-13(17)15(11)22-10-9-21-14-5-3-4-8-20-14;1-10-11(15(17)18)5-6-12(16)14(10)21-9-8-20-13-4-2-3-7-19-13;1-5-6(9(12)13-2)3-4-7(10)8(5)11;1-6-7(9(11)12-2)4-3-5-8(6)10;1-5-6(8(10)11)3-2-4-7(5)9;8-4-6-10-7-3-1-2-5-9-7;7-1-2(8)4(10)6(12)5(11)3(1)9;1-4(2,3)6-5;1-4(2,3)5;1-2;/h5-6,13H,2-4,7-9H2,1H3;6-7,14H,3-5,8-10H2,1-2H3;5-6,13H,2-4,7-9H2,1H3,(H,17,18);3-4,11H,1-2H3;3-5,10H,1-2H3;2-4,9H,1H3,(H,10,11);7H,1-6H2;12H;6H,5H2,1-3H3;5H2,1-3H3;;1H. The number of nitrogens with two attached hydrogens (primary N) is 2. The van der Waals surface area contributed by atoms with E-state index >= 15 is 0 Å². The highest BCUT2D eigenvalue weighted by molar-refractivity contribution is 9.93. The first-order valence-corrected chi connectivity index (χ1v) is 52.6. The number of esters is 4. The number of hydrogen-bond donors (Lipinski definition) is 9. The molecule has 8 aromatic rings. The van der Waals surface area contributed by atoms with Crippen LogP contribution in [0.3, 0.4) is 0 Å². The number of nitrogens with one attached hydrogen (secondary N) is 1. The Hall–Kier alpha value is -8.31. The van der Waals surface area contributed by atoms with Crippen LogP contribution in [0, 0.1) is 99.7 Å². The molecule has 4 saturated heterocycles. The number of halogens is 18. The molecule has 4 unspecified atom stereocenters. The van der Waals surface area contributed by atoms with Crippen molar-refractivity contribution in [3.05, 3.63) is 228 Å². The lowest BCUT2D eigenvalue weighted by Gasteiger charge is -2.23. The summed E-state index contributed by atoms with van der Waals surface area (Å²) < 4.78 is 210. The van der Waals surface area contributed by atoms with Crippen LogP contribution in [-0.2, 0) is 52.1 Å². The normalized spacial score (nSPS) is 14.8. The molecular formula is C99H123Br7ClF10N3O27. The van der Waals surface area contributed by atoms with Gasteiger partial charge >= 0.3 is 35.8 Å². The zero-order valence-corrected chi connectivity index (χ0v) is 95.0. The number of hydrogen-bond acceptors (Lipinski definition) is 28. The summed E-state index contributed by atoms with van der Waals surface area (Å²) in [5.74, 6) is -23.8. The number of carboxylic acids is 2. The number of carbonyl (C=O) groups excluding carboxylic acids is 4. The van der Waals surface area contributed by atoms with E-state index in [1.165, 1.54) is 77.5 Å². The van der Waals surface area contributed by atoms with Crippen LogP contribution in [0.25, 0.3) is 0 Å². The molecule has 4 heterocycles. The molecule has 4 aliphatic rings. The predicted molar refractivity (Wildman–Crippen MR) is 554 cm³/mol. The molecule has 0 spiro atoms. The van der Waals surface area contributed by atoms with Crippen molar-refractivity contribution < 1.29 is 174 Å². The van der Waals surface area contributed by atoms with E-state index in [1.54, 1.807) is 76.2 Å². The summed E-state index contributed by atoms with van der Waals surface area (Å²) in [5, 5.41) is 54.7. The molecule has 0 saturated carbocycles. The second-order valence-electron chi connectivity index (χ2n) is 33.1. The summed E-state index contributed by atoms with van der Waals surface area (Å²) >= 11 is 22.0. The molecule has 0 bridgehead atoms. The maximum absolute atomic E-state index is 13.8. The maximum atomic E-state index is 13.8. The minimum absolute atomic E-state index is 0. The van der Waals surface area contributed by atoms with Crippen molar-refractivity contribution in [2.24, 2.45) is 11.6 Å². The second-order valence-corrected chi connectivity index (χ2v) is 37.3. The van der Waals surface area contributed by atoms with Crippen LogP contribution in [0.2, 0.25) is 0 Å². The van der Waals surface area contributed by atoms with Gasteiger partial charge in [-0.15, -0.1) is 12.4 Å². The predicted octanol–water partition coefficient (Wildman–Crippen LogP) is 24.7. The number of phenolic OH excluding ortho intramolecular Hbond substituents is 4. The van der Waals surface area contributed by atoms with Gasteiger partial charge in [0, 0.05) is 104 Å². The SMILES string of the molecule is BrBr.BrCCOC1CCCCO1.CC(C)(C)N.CC(C)(C)NN.COC(=O)c1ccc(Br)c(O)c1C.COC(=O)c1ccc(Br)c(OCCOC2CCCCO2)c1C.COC(=O)c1cccc(O)c1C.Cc1c(C(=O)O)ccc(Br)c1OCCOC1CCCCO1.Cc1c(C(=O)Oc2c(F)c(F)c(F)c(F)c2F)ccc(Br)c1OCCOC1CCCCO1.Cc1c(O)cccc1C(=O)O.Cl.Oc1c(F)c(F)c(F)c(F)c1F. The number of carbonyl (C=O) groups is 6. The van der Waals surface area contributed by atoms with Gasteiger partial charge in [0.2, 0.25) is 63.9 Å². The third-order valence-electron chi connectivity index (χ3n) is 19.8. The third kappa shape index (κ3) is 48.1. The number of phenols is 4. The Labute approximate surface area is 910 Å². The fraction of sp³-hybridized carbons (Fsp3) is 0.455. The Morgan fingerprint density at radius 2 is 0.626 bits per heavy atom. The van der Waals surface area contributed by atoms with Crippen molar-refractivity contribution in [2.75, 3.05) is 99.3 Å². The Bertz CT molecular complexity index is 5330. The minimum Gasteiger partial charge on any atom is -0.508 e. The Morgan fingerprint density at radius 3 is 0.918 bits per heavy atom. The van der Waals surface area contributed by atoms with Gasteiger partial charge in [0.25, 0.3) is 0 Å². The van der Waals surface area contributed by atoms with E-state index in [1.807, 2.05) is 48.5 Å². The number of hydrazine groups is 1. The smallest absolute Gasteiger partial charge is 0.344 e. The molecule has 8 aromatic carbocycles. The monoisotopic (exact) mass is 2560 g/mol. The number of ether oxygens (including phenoxy) is 15. The van der Waals surface area contributed by atoms with Gasteiger partial charge in [-0.1, -0.05) is 28.1 Å². The van der Waals surface area contributed by atoms with Gasteiger partial charge in [-0.05, 0) is 297 Å². The van der Waals surface area contributed by atoms with E-state index < -0.39 is 99.5 Å². The van der Waals surface area contributed by atoms with Gasteiger partial charge in [0.05, 0.1) is 99.0 Å². The van der Waals surface area contributed by atoms with Crippen molar-refractivity contribution in [1.82, 2.24) is 5.43 Å². The molecule has 30 nitrogen and oxygen atoms in total. The Kier molecular flexibility index (Phi) is 66.5. The van der Waals surface area contributed by atoms with E-state index in [0.717, 1.165) is 110 Å². The number of rotatable bonds is 25. The van der Waals surface area contributed by atoms with Crippen LogP contribution in [-0.4, -0.2) is 202 Å². The first-order valence-electron chi connectivity index (χ1n) is 44.6.